The van der Waals surface area contributed by atoms with E-state index >= 15 is 0 Å². The highest BCUT2D eigenvalue weighted by Gasteiger charge is 2.06. The van der Waals surface area contributed by atoms with E-state index in [-0.39, 0.29) is 24.0 Å². The molecule has 29 heavy (non-hydrogen) atoms. The second kappa shape index (κ2) is 12.2. The van der Waals surface area contributed by atoms with Crippen LogP contribution < -0.4 is 10.6 Å². The summed E-state index contributed by atoms with van der Waals surface area (Å²) in [4.78, 5) is 8.34. The van der Waals surface area contributed by atoms with Crippen LogP contribution in [0.1, 0.15) is 30.0 Å². The fraction of sp³-hybridized carbons (Fsp3) is 0.318. The highest BCUT2D eigenvalue weighted by molar-refractivity contribution is 14.0. The van der Waals surface area contributed by atoms with Gasteiger partial charge in [0.1, 0.15) is 12.7 Å². The number of hydrogen-bond acceptors (Lipinski definition) is 3. The van der Waals surface area contributed by atoms with Gasteiger partial charge in [-0.2, -0.15) is 5.10 Å². The van der Waals surface area contributed by atoms with E-state index in [0.29, 0.717) is 6.04 Å². The molecule has 0 amide bonds. The zero-order chi connectivity index (χ0) is 19.6. The van der Waals surface area contributed by atoms with Crippen molar-refractivity contribution in [2.75, 3.05) is 7.05 Å². The Kier molecular flexibility index (Phi) is 9.63. The average molecular weight is 504 g/mol. The summed E-state index contributed by atoms with van der Waals surface area (Å²) in [6, 6.07) is 19.4. The van der Waals surface area contributed by atoms with Crippen molar-refractivity contribution in [3.8, 4) is 0 Å². The largest absolute Gasteiger partial charge is 0.354 e. The Labute approximate surface area is 189 Å². The predicted octanol–water partition coefficient (Wildman–Crippen LogP) is 3.63. The molecule has 0 spiro atoms. The number of guanidine groups is 1. The molecule has 0 aliphatic carbocycles. The molecule has 1 atom stereocenters. The molecule has 2 N–H and O–H groups in total. The van der Waals surface area contributed by atoms with Crippen molar-refractivity contribution in [1.29, 1.82) is 0 Å². The van der Waals surface area contributed by atoms with Crippen molar-refractivity contribution in [3.05, 3.63) is 83.9 Å². The first-order valence-corrected chi connectivity index (χ1v) is 9.64. The van der Waals surface area contributed by atoms with Crippen LogP contribution in [-0.4, -0.2) is 33.8 Å². The molecule has 0 radical (unpaired) electrons. The van der Waals surface area contributed by atoms with Gasteiger partial charge in [0.05, 0.1) is 6.54 Å². The van der Waals surface area contributed by atoms with E-state index in [2.05, 4.69) is 87.2 Å². The van der Waals surface area contributed by atoms with Gasteiger partial charge in [-0.15, -0.1) is 24.0 Å². The SMILES string of the molecule is CN=C(NCc1cccc(Cn2cncn2)c1)NC(C)CCc1ccccc1.I. The summed E-state index contributed by atoms with van der Waals surface area (Å²) < 4.78 is 1.82. The van der Waals surface area contributed by atoms with Crippen molar-refractivity contribution in [3.63, 3.8) is 0 Å². The fourth-order valence-corrected chi connectivity index (χ4v) is 3.05. The van der Waals surface area contributed by atoms with Gasteiger partial charge in [-0.25, -0.2) is 9.67 Å². The summed E-state index contributed by atoms with van der Waals surface area (Å²) in [6.45, 7) is 3.63. The molecule has 1 unspecified atom stereocenters. The number of aliphatic imine (C=N–C) groups is 1. The molecular weight excluding hydrogens is 475 g/mol. The van der Waals surface area contributed by atoms with Crippen molar-refractivity contribution < 1.29 is 0 Å². The van der Waals surface area contributed by atoms with Gasteiger partial charge in [0.2, 0.25) is 0 Å². The van der Waals surface area contributed by atoms with Crippen LogP contribution in [0.15, 0.2) is 72.2 Å². The number of nitrogens with one attached hydrogen (secondary N) is 2. The highest BCUT2D eigenvalue weighted by Crippen LogP contribution is 2.07. The van der Waals surface area contributed by atoms with Crippen LogP contribution in [0.3, 0.4) is 0 Å². The third kappa shape index (κ3) is 7.84. The quantitative estimate of drug-likeness (QED) is 0.280. The normalized spacial score (nSPS) is 12.1. The molecule has 0 saturated heterocycles. The Morgan fingerprint density at radius 2 is 1.83 bits per heavy atom. The van der Waals surface area contributed by atoms with Gasteiger partial charge in [0.25, 0.3) is 0 Å². The van der Waals surface area contributed by atoms with E-state index in [1.54, 1.807) is 19.7 Å². The molecule has 1 heterocycles. The standard InChI is InChI=1S/C22H28N6.HI/c1-18(11-12-19-7-4-3-5-8-19)27-22(23-2)25-14-20-9-6-10-21(13-20)15-28-17-24-16-26-28;/h3-10,13,16-18H,11-12,14-15H2,1-2H3,(H2,23,25,27);1H. The van der Waals surface area contributed by atoms with Crippen molar-refractivity contribution in [2.24, 2.45) is 4.99 Å². The molecule has 0 fully saturated rings. The predicted molar refractivity (Wildman–Crippen MR) is 129 cm³/mol. The van der Waals surface area contributed by atoms with Crippen LogP contribution in [0, 0.1) is 0 Å². The molecule has 0 aliphatic heterocycles. The van der Waals surface area contributed by atoms with Crippen LogP contribution in [0.2, 0.25) is 0 Å². The number of rotatable bonds is 8. The van der Waals surface area contributed by atoms with E-state index in [4.69, 9.17) is 0 Å². The summed E-state index contributed by atoms with van der Waals surface area (Å²) in [7, 11) is 1.81. The minimum absolute atomic E-state index is 0. The van der Waals surface area contributed by atoms with Crippen molar-refractivity contribution in [2.45, 2.75) is 38.9 Å². The molecule has 7 heteroatoms. The smallest absolute Gasteiger partial charge is 0.191 e. The number of hydrogen-bond donors (Lipinski definition) is 2. The summed E-state index contributed by atoms with van der Waals surface area (Å²) in [5.41, 5.74) is 3.77. The van der Waals surface area contributed by atoms with Gasteiger partial charge in [0.15, 0.2) is 5.96 Å². The minimum atomic E-state index is 0. The maximum absolute atomic E-state index is 4.35. The van der Waals surface area contributed by atoms with E-state index in [1.807, 2.05) is 4.68 Å². The zero-order valence-corrected chi connectivity index (χ0v) is 19.3. The van der Waals surface area contributed by atoms with Crippen LogP contribution in [0.25, 0.3) is 0 Å². The molecule has 2 aromatic carbocycles. The molecule has 3 rings (SSSR count). The molecule has 6 nitrogen and oxygen atoms in total. The number of aryl methyl sites for hydroxylation is 1. The molecule has 1 aromatic heterocycles. The zero-order valence-electron chi connectivity index (χ0n) is 17.0. The third-order valence-electron chi connectivity index (χ3n) is 4.58. The molecule has 3 aromatic rings. The number of halogens is 1. The second-order valence-electron chi connectivity index (χ2n) is 6.91. The molecule has 0 bridgehead atoms. The average Bonchev–Trinajstić information content (AvgIpc) is 3.23. The van der Waals surface area contributed by atoms with Crippen LogP contribution in [0.4, 0.5) is 0 Å². The Bertz CT molecular complexity index is 864. The van der Waals surface area contributed by atoms with E-state index < -0.39 is 0 Å². The van der Waals surface area contributed by atoms with E-state index in [1.165, 1.54) is 16.7 Å². The lowest BCUT2D eigenvalue weighted by Gasteiger charge is -2.18. The molecule has 0 aliphatic rings. The Morgan fingerprint density at radius 3 is 2.55 bits per heavy atom. The monoisotopic (exact) mass is 504 g/mol. The number of benzene rings is 2. The lowest BCUT2D eigenvalue weighted by Crippen LogP contribution is -2.42. The minimum Gasteiger partial charge on any atom is -0.354 e. The molecule has 154 valence electrons. The lowest BCUT2D eigenvalue weighted by atomic mass is 10.1. The summed E-state index contributed by atoms with van der Waals surface area (Å²) >= 11 is 0. The third-order valence-corrected chi connectivity index (χ3v) is 4.58. The Hall–Kier alpha value is -2.42. The van der Waals surface area contributed by atoms with Gasteiger partial charge in [0, 0.05) is 19.6 Å². The molecular formula is C22H29IN6. The maximum atomic E-state index is 4.35. The van der Waals surface area contributed by atoms with E-state index in [9.17, 15) is 0 Å². The first-order valence-electron chi connectivity index (χ1n) is 9.64. The summed E-state index contributed by atoms with van der Waals surface area (Å²) in [6.07, 6.45) is 5.39. The van der Waals surface area contributed by atoms with Crippen molar-refractivity contribution in [1.82, 2.24) is 25.4 Å². The van der Waals surface area contributed by atoms with Gasteiger partial charge < -0.3 is 10.6 Å². The number of nitrogens with zero attached hydrogens (tertiary/aromatic N) is 4. The maximum Gasteiger partial charge on any atom is 0.191 e. The van der Waals surface area contributed by atoms with Crippen LogP contribution in [0.5, 0.6) is 0 Å². The molecule has 0 saturated carbocycles. The number of aromatic nitrogens is 3. The summed E-state index contributed by atoms with van der Waals surface area (Å²) in [5, 5.41) is 11.0. The van der Waals surface area contributed by atoms with Gasteiger partial charge in [-0.1, -0.05) is 54.6 Å². The van der Waals surface area contributed by atoms with E-state index in [0.717, 1.165) is 31.9 Å². The van der Waals surface area contributed by atoms with Gasteiger partial charge in [-0.3, -0.25) is 4.99 Å². The topological polar surface area (TPSA) is 67.1 Å². The van der Waals surface area contributed by atoms with Crippen LogP contribution in [-0.2, 0) is 19.5 Å². The summed E-state index contributed by atoms with van der Waals surface area (Å²) in [5.74, 6) is 0.822. The van der Waals surface area contributed by atoms with Crippen LogP contribution >= 0.6 is 24.0 Å². The highest BCUT2D eigenvalue weighted by atomic mass is 127. The fourth-order valence-electron chi connectivity index (χ4n) is 3.05. The Morgan fingerprint density at radius 1 is 1.07 bits per heavy atom. The van der Waals surface area contributed by atoms with Gasteiger partial charge in [-0.05, 0) is 36.5 Å². The second-order valence-corrected chi connectivity index (χ2v) is 6.91. The first kappa shape index (κ1) is 22.9. The lowest BCUT2D eigenvalue weighted by molar-refractivity contribution is 0.593. The first-order chi connectivity index (χ1) is 13.7. The van der Waals surface area contributed by atoms with Gasteiger partial charge >= 0.3 is 0 Å². The Balaban J connectivity index is 0.00000300. The van der Waals surface area contributed by atoms with Crippen molar-refractivity contribution >= 4 is 29.9 Å².